The van der Waals surface area contributed by atoms with Crippen molar-refractivity contribution in [2.24, 2.45) is 11.8 Å². The van der Waals surface area contributed by atoms with Gasteiger partial charge in [0.05, 0.1) is 25.0 Å². The fourth-order valence-electron chi connectivity index (χ4n) is 2.52. The van der Waals surface area contributed by atoms with Crippen LogP contribution in [-0.4, -0.2) is 30.3 Å². The van der Waals surface area contributed by atoms with E-state index in [9.17, 15) is 14.7 Å². The van der Waals surface area contributed by atoms with Gasteiger partial charge in [-0.3, -0.25) is 9.59 Å². The highest BCUT2D eigenvalue weighted by Gasteiger charge is 2.43. The summed E-state index contributed by atoms with van der Waals surface area (Å²) in [7, 11) is 1.28. The third kappa shape index (κ3) is 3.36. The van der Waals surface area contributed by atoms with Crippen LogP contribution in [0.1, 0.15) is 18.4 Å². The summed E-state index contributed by atoms with van der Waals surface area (Å²) in [5.41, 5.74) is 0.883. The predicted molar refractivity (Wildman–Crippen MR) is 70.5 cm³/mol. The van der Waals surface area contributed by atoms with Crippen molar-refractivity contribution < 1.29 is 24.2 Å². The summed E-state index contributed by atoms with van der Waals surface area (Å²) in [6, 6.07) is 9.31. The van der Waals surface area contributed by atoms with Crippen molar-refractivity contribution in [1.29, 1.82) is 0 Å². The molecule has 108 valence electrons. The van der Waals surface area contributed by atoms with Crippen LogP contribution in [0.4, 0.5) is 0 Å². The van der Waals surface area contributed by atoms with Gasteiger partial charge in [0, 0.05) is 0 Å². The fourth-order valence-corrected chi connectivity index (χ4v) is 2.52. The van der Waals surface area contributed by atoms with Crippen LogP contribution in [0.25, 0.3) is 0 Å². The number of hydrogen-bond donors (Lipinski definition) is 1. The summed E-state index contributed by atoms with van der Waals surface area (Å²) in [6.45, 7) is 0.167. The molecule has 1 unspecified atom stereocenters. The van der Waals surface area contributed by atoms with Gasteiger partial charge < -0.3 is 14.6 Å². The Hall–Kier alpha value is -1.88. The first-order valence-electron chi connectivity index (χ1n) is 6.58. The van der Waals surface area contributed by atoms with Crippen molar-refractivity contribution in [2.75, 3.05) is 7.11 Å². The average Bonchev–Trinajstić information content (AvgIpc) is 2.87. The molecule has 1 aliphatic carbocycles. The van der Waals surface area contributed by atoms with Gasteiger partial charge in [0.2, 0.25) is 0 Å². The van der Waals surface area contributed by atoms with E-state index in [1.807, 2.05) is 30.3 Å². The summed E-state index contributed by atoms with van der Waals surface area (Å²) in [5, 5.41) is 9.63. The Morgan fingerprint density at radius 3 is 2.35 bits per heavy atom. The van der Waals surface area contributed by atoms with E-state index in [1.54, 1.807) is 0 Å². The van der Waals surface area contributed by atoms with Crippen molar-refractivity contribution >= 4 is 11.9 Å². The van der Waals surface area contributed by atoms with Gasteiger partial charge in [0.15, 0.2) is 0 Å². The van der Waals surface area contributed by atoms with E-state index >= 15 is 0 Å². The number of benzene rings is 1. The van der Waals surface area contributed by atoms with Crippen LogP contribution in [0, 0.1) is 11.8 Å². The molecule has 1 aliphatic rings. The zero-order valence-electron chi connectivity index (χ0n) is 11.3. The number of esters is 2. The summed E-state index contributed by atoms with van der Waals surface area (Å²) in [6.07, 6.45) is -0.168. The molecular formula is C15H18O5. The molecule has 0 heterocycles. The molecule has 1 N–H and O–H groups in total. The zero-order chi connectivity index (χ0) is 14.5. The number of aliphatic hydroxyl groups is 1. The summed E-state index contributed by atoms with van der Waals surface area (Å²) in [5.74, 6) is -2.16. The van der Waals surface area contributed by atoms with Gasteiger partial charge in [-0.25, -0.2) is 0 Å². The van der Waals surface area contributed by atoms with Gasteiger partial charge in [-0.05, 0) is 18.4 Å². The molecule has 20 heavy (non-hydrogen) atoms. The number of methoxy groups -OCH3 is 1. The molecule has 5 heteroatoms. The first kappa shape index (κ1) is 14.5. The van der Waals surface area contributed by atoms with Gasteiger partial charge in [-0.1, -0.05) is 30.3 Å². The van der Waals surface area contributed by atoms with Crippen LogP contribution < -0.4 is 0 Å². The van der Waals surface area contributed by atoms with Crippen LogP contribution in [0.2, 0.25) is 0 Å². The summed E-state index contributed by atoms with van der Waals surface area (Å²) in [4.78, 5) is 23.7. The smallest absolute Gasteiger partial charge is 0.310 e. The van der Waals surface area contributed by atoms with E-state index in [0.717, 1.165) is 5.56 Å². The molecule has 0 radical (unpaired) electrons. The lowest BCUT2D eigenvalue weighted by Crippen LogP contribution is -2.27. The first-order chi connectivity index (χ1) is 9.61. The topological polar surface area (TPSA) is 72.8 Å². The zero-order valence-corrected chi connectivity index (χ0v) is 11.3. The molecule has 0 aliphatic heterocycles. The lowest BCUT2D eigenvalue weighted by molar-refractivity contribution is -0.158. The maximum atomic E-state index is 12.1. The molecule has 0 bridgehead atoms. The van der Waals surface area contributed by atoms with Gasteiger partial charge in [-0.2, -0.15) is 0 Å². The molecule has 1 aromatic rings. The van der Waals surface area contributed by atoms with Crippen molar-refractivity contribution in [3.8, 4) is 0 Å². The predicted octanol–water partition coefficient (Wildman–Crippen LogP) is 1.29. The largest absolute Gasteiger partial charge is 0.469 e. The summed E-state index contributed by atoms with van der Waals surface area (Å²) < 4.78 is 9.90. The lowest BCUT2D eigenvalue weighted by atomic mass is 9.96. The van der Waals surface area contributed by atoms with E-state index in [0.29, 0.717) is 0 Å². The number of rotatable bonds is 4. The quantitative estimate of drug-likeness (QED) is 0.840. The molecule has 1 fully saturated rings. The Bertz CT molecular complexity index is 470. The first-order valence-corrected chi connectivity index (χ1v) is 6.58. The van der Waals surface area contributed by atoms with E-state index in [2.05, 4.69) is 4.74 Å². The minimum Gasteiger partial charge on any atom is -0.469 e. The molecule has 0 saturated heterocycles. The third-order valence-electron chi connectivity index (χ3n) is 3.57. The Labute approximate surface area is 117 Å². The second-order valence-electron chi connectivity index (χ2n) is 4.95. The molecule has 1 saturated carbocycles. The SMILES string of the molecule is COC(=O)C1C[C@@H](O)C[C@H]1C(=O)OCc1ccccc1. The highest BCUT2D eigenvalue weighted by atomic mass is 16.5. The monoisotopic (exact) mass is 278 g/mol. The van der Waals surface area contributed by atoms with Crippen LogP contribution in [0.15, 0.2) is 30.3 Å². The number of ether oxygens (including phenoxy) is 2. The maximum absolute atomic E-state index is 12.1. The molecule has 0 spiro atoms. The number of hydrogen-bond acceptors (Lipinski definition) is 5. The number of carbonyl (C=O) groups excluding carboxylic acids is 2. The average molecular weight is 278 g/mol. The summed E-state index contributed by atoms with van der Waals surface area (Å²) >= 11 is 0. The standard InChI is InChI=1S/C15H18O5/c1-19-14(17)12-7-11(16)8-13(12)15(18)20-9-10-5-3-2-4-6-10/h2-6,11-13,16H,7-9H2,1H3/t11-,12?,13-/m1/s1. The highest BCUT2D eigenvalue weighted by Crippen LogP contribution is 2.34. The van der Waals surface area contributed by atoms with E-state index in [1.165, 1.54) is 7.11 Å². The van der Waals surface area contributed by atoms with Gasteiger partial charge in [0.25, 0.3) is 0 Å². The lowest BCUT2D eigenvalue weighted by Gasteiger charge is -2.15. The van der Waals surface area contributed by atoms with Crippen molar-refractivity contribution in [3.63, 3.8) is 0 Å². The second kappa shape index (κ2) is 6.52. The van der Waals surface area contributed by atoms with Gasteiger partial charge in [-0.15, -0.1) is 0 Å². The molecule has 5 nitrogen and oxygen atoms in total. The van der Waals surface area contributed by atoms with Crippen molar-refractivity contribution in [2.45, 2.75) is 25.6 Å². The Balaban J connectivity index is 1.95. The second-order valence-corrected chi connectivity index (χ2v) is 4.95. The van der Waals surface area contributed by atoms with Crippen LogP contribution in [0.3, 0.4) is 0 Å². The number of carbonyl (C=O) groups is 2. The van der Waals surface area contributed by atoms with E-state index < -0.39 is 29.9 Å². The molecule has 2 rings (SSSR count). The van der Waals surface area contributed by atoms with E-state index in [4.69, 9.17) is 4.74 Å². The van der Waals surface area contributed by atoms with Crippen LogP contribution >= 0.6 is 0 Å². The minimum absolute atomic E-state index is 0.167. The van der Waals surface area contributed by atoms with Crippen molar-refractivity contribution in [1.82, 2.24) is 0 Å². The van der Waals surface area contributed by atoms with Gasteiger partial charge >= 0.3 is 11.9 Å². The molecule has 1 aromatic carbocycles. The molecule has 0 aromatic heterocycles. The molecular weight excluding hydrogens is 260 g/mol. The number of aliphatic hydroxyl groups excluding tert-OH is 1. The Kier molecular flexibility index (Phi) is 4.74. The van der Waals surface area contributed by atoms with Crippen molar-refractivity contribution in [3.05, 3.63) is 35.9 Å². The van der Waals surface area contributed by atoms with Crippen LogP contribution in [0.5, 0.6) is 0 Å². The van der Waals surface area contributed by atoms with E-state index in [-0.39, 0.29) is 19.4 Å². The Morgan fingerprint density at radius 2 is 1.75 bits per heavy atom. The maximum Gasteiger partial charge on any atom is 0.310 e. The molecule has 3 atom stereocenters. The minimum atomic E-state index is -0.659. The normalized spacial score (nSPS) is 25.2. The third-order valence-corrected chi connectivity index (χ3v) is 3.57. The molecule has 0 amide bonds. The Morgan fingerprint density at radius 1 is 1.15 bits per heavy atom. The highest BCUT2D eigenvalue weighted by molar-refractivity contribution is 5.82. The van der Waals surface area contributed by atoms with Crippen LogP contribution in [-0.2, 0) is 25.7 Å². The fraction of sp³-hybridized carbons (Fsp3) is 0.467. The van der Waals surface area contributed by atoms with Gasteiger partial charge in [0.1, 0.15) is 6.61 Å².